The summed E-state index contributed by atoms with van der Waals surface area (Å²) in [7, 11) is 0. The molecule has 0 fully saturated rings. The van der Waals surface area contributed by atoms with E-state index in [0.29, 0.717) is 19.8 Å². The van der Waals surface area contributed by atoms with Crippen LogP contribution in [0.15, 0.2) is 73.0 Å². The summed E-state index contributed by atoms with van der Waals surface area (Å²) in [5, 5.41) is 0. The molecule has 24 heavy (non-hydrogen) atoms. The molecule has 0 bridgehead atoms. The van der Waals surface area contributed by atoms with Crippen molar-refractivity contribution in [2.75, 3.05) is 6.61 Å². The van der Waals surface area contributed by atoms with E-state index in [0.717, 1.165) is 5.56 Å². The van der Waals surface area contributed by atoms with Crippen molar-refractivity contribution in [3.05, 3.63) is 84.1 Å². The van der Waals surface area contributed by atoms with Gasteiger partial charge < -0.3 is 14.2 Å². The molecule has 0 saturated heterocycles. The molecular weight excluding hydrogens is 300 g/mol. The topological polar surface area (TPSA) is 27.7 Å². The lowest BCUT2D eigenvalue weighted by atomic mass is 10.0. The van der Waals surface area contributed by atoms with Gasteiger partial charge in [0, 0.05) is 5.92 Å². The molecule has 126 valence electrons. The second-order valence-electron chi connectivity index (χ2n) is 6.16. The molecule has 1 aliphatic heterocycles. The van der Waals surface area contributed by atoms with Crippen LogP contribution < -0.4 is 0 Å². The zero-order valence-corrected chi connectivity index (χ0v) is 14.0. The van der Waals surface area contributed by atoms with Gasteiger partial charge in [-0.1, -0.05) is 67.6 Å². The predicted molar refractivity (Wildman–Crippen MR) is 94.3 cm³/mol. The minimum Gasteiger partial charge on any atom is -0.501 e. The zero-order chi connectivity index (χ0) is 16.6. The van der Waals surface area contributed by atoms with E-state index in [4.69, 9.17) is 14.2 Å². The van der Waals surface area contributed by atoms with Crippen LogP contribution in [0.25, 0.3) is 0 Å². The normalized spacial score (nSPS) is 23.5. The lowest BCUT2D eigenvalue weighted by Gasteiger charge is -2.28. The summed E-state index contributed by atoms with van der Waals surface area (Å²) in [6, 6.07) is 20.4. The molecule has 1 heterocycles. The minimum atomic E-state index is -0.119. The van der Waals surface area contributed by atoms with Gasteiger partial charge in [-0.2, -0.15) is 0 Å². The second-order valence-corrected chi connectivity index (χ2v) is 6.16. The molecule has 0 amide bonds. The lowest BCUT2D eigenvalue weighted by Crippen LogP contribution is -2.36. The first kappa shape index (κ1) is 16.7. The summed E-state index contributed by atoms with van der Waals surface area (Å²) in [6.45, 7) is 3.92. The van der Waals surface area contributed by atoms with Gasteiger partial charge in [-0.3, -0.25) is 0 Å². The molecular formula is C21H24O3. The first-order valence-electron chi connectivity index (χ1n) is 8.42. The Morgan fingerprint density at radius 2 is 1.46 bits per heavy atom. The Labute approximate surface area is 143 Å². The smallest absolute Gasteiger partial charge is 0.106 e. The highest BCUT2D eigenvalue weighted by molar-refractivity contribution is 5.14. The third-order valence-electron chi connectivity index (χ3n) is 4.18. The molecule has 3 unspecified atom stereocenters. The summed E-state index contributed by atoms with van der Waals surface area (Å²) in [5.41, 5.74) is 2.33. The van der Waals surface area contributed by atoms with E-state index in [-0.39, 0.29) is 18.1 Å². The summed E-state index contributed by atoms with van der Waals surface area (Å²) >= 11 is 0. The van der Waals surface area contributed by atoms with Gasteiger partial charge >= 0.3 is 0 Å². The first-order valence-corrected chi connectivity index (χ1v) is 8.42. The Morgan fingerprint density at radius 3 is 2.08 bits per heavy atom. The van der Waals surface area contributed by atoms with E-state index >= 15 is 0 Å². The Morgan fingerprint density at radius 1 is 0.875 bits per heavy atom. The average molecular weight is 324 g/mol. The van der Waals surface area contributed by atoms with Crippen molar-refractivity contribution >= 4 is 0 Å². The molecule has 3 nitrogen and oxygen atoms in total. The average Bonchev–Trinajstić information content (AvgIpc) is 2.81. The summed E-state index contributed by atoms with van der Waals surface area (Å²) < 4.78 is 17.9. The van der Waals surface area contributed by atoms with Gasteiger partial charge in [0.15, 0.2) is 0 Å². The third-order valence-corrected chi connectivity index (χ3v) is 4.18. The monoisotopic (exact) mass is 324 g/mol. The van der Waals surface area contributed by atoms with Crippen LogP contribution in [0.3, 0.4) is 0 Å². The predicted octanol–water partition coefficient (Wildman–Crippen LogP) is 4.34. The maximum atomic E-state index is 6.21. The van der Waals surface area contributed by atoms with Crippen molar-refractivity contribution in [3.63, 3.8) is 0 Å². The quantitative estimate of drug-likeness (QED) is 0.791. The van der Waals surface area contributed by atoms with Gasteiger partial charge in [0.25, 0.3) is 0 Å². The molecule has 0 spiro atoms. The molecule has 0 radical (unpaired) electrons. The van der Waals surface area contributed by atoms with Crippen LogP contribution in [-0.2, 0) is 27.4 Å². The number of ether oxygens (including phenoxy) is 3. The number of hydrogen-bond acceptors (Lipinski definition) is 3. The Hall–Kier alpha value is -2.10. The van der Waals surface area contributed by atoms with Crippen LogP contribution in [0.2, 0.25) is 0 Å². The fourth-order valence-electron chi connectivity index (χ4n) is 2.81. The van der Waals surface area contributed by atoms with Crippen LogP contribution in [0, 0.1) is 5.92 Å². The number of rotatable bonds is 6. The van der Waals surface area contributed by atoms with Crippen molar-refractivity contribution in [2.24, 2.45) is 5.92 Å². The van der Waals surface area contributed by atoms with Crippen molar-refractivity contribution in [1.82, 2.24) is 0 Å². The Balaban J connectivity index is 1.64. The molecule has 0 saturated carbocycles. The molecule has 0 N–H and O–H groups in total. The lowest BCUT2D eigenvalue weighted by molar-refractivity contribution is -0.0900. The fraction of sp³-hybridized carbons (Fsp3) is 0.333. The van der Waals surface area contributed by atoms with Gasteiger partial charge in [-0.15, -0.1) is 0 Å². The first-order chi connectivity index (χ1) is 11.8. The van der Waals surface area contributed by atoms with Crippen LogP contribution in [0.5, 0.6) is 0 Å². The van der Waals surface area contributed by atoms with E-state index < -0.39 is 0 Å². The maximum absolute atomic E-state index is 6.21. The minimum absolute atomic E-state index is 0.0346. The zero-order valence-electron chi connectivity index (χ0n) is 14.0. The van der Waals surface area contributed by atoms with Crippen molar-refractivity contribution in [2.45, 2.75) is 32.3 Å². The molecule has 3 atom stereocenters. The van der Waals surface area contributed by atoms with Gasteiger partial charge in [-0.05, 0) is 17.2 Å². The van der Waals surface area contributed by atoms with E-state index in [9.17, 15) is 0 Å². The molecule has 3 rings (SSSR count). The van der Waals surface area contributed by atoms with Crippen molar-refractivity contribution in [3.8, 4) is 0 Å². The maximum Gasteiger partial charge on any atom is 0.106 e. The molecule has 2 aromatic rings. The van der Waals surface area contributed by atoms with Crippen molar-refractivity contribution in [1.29, 1.82) is 0 Å². The SMILES string of the molecule is CC1COC=CC(OCc2ccccc2)C1OCc1ccccc1. The molecule has 0 aromatic heterocycles. The van der Waals surface area contributed by atoms with E-state index in [1.807, 2.05) is 42.5 Å². The third kappa shape index (κ3) is 4.70. The van der Waals surface area contributed by atoms with E-state index in [1.54, 1.807) is 6.26 Å². The standard InChI is InChI=1S/C21H24O3/c1-17-14-22-13-12-20(23-15-18-8-4-2-5-9-18)21(17)24-16-19-10-6-3-7-11-19/h2-13,17,20-21H,14-16H2,1H3. The Bertz CT molecular complexity index is 624. The van der Waals surface area contributed by atoms with E-state index in [1.165, 1.54) is 5.56 Å². The Kier molecular flexibility index (Phi) is 6.05. The largest absolute Gasteiger partial charge is 0.501 e. The highest BCUT2D eigenvalue weighted by Crippen LogP contribution is 2.22. The van der Waals surface area contributed by atoms with Crippen LogP contribution in [0.1, 0.15) is 18.1 Å². The highest BCUT2D eigenvalue weighted by Gasteiger charge is 2.29. The molecule has 1 aliphatic rings. The number of hydrogen-bond donors (Lipinski definition) is 0. The van der Waals surface area contributed by atoms with Gasteiger partial charge in [0.1, 0.15) is 6.10 Å². The molecule has 0 aliphatic carbocycles. The van der Waals surface area contributed by atoms with Gasteiger partial charge in [-0.25, -0.2) is 0 Å². The summed E-state index contributed by atoms with van der Waals surface area (Å²) in [6.07, 6.45) is 3.54. The van der Waals surface area contributed by atoms with E-state index in [2.05, 4.69) is 31.2 Å². The highest BCUT2D eigenvalue weighted by atomic mass is 16.5. The van der Waals surface area contributed by atoms with Crippen LogP contribution in [-0.4, -0.2) is 18.8 Å². The summed E-state index contributed by atoms with van der Waals surface area (Å²) in [4.78, 5) is 0. The fourth-order valence-corrected chi connectivity index (χ4v) is 2.81. The van der Waals surface area contributed by atoms with Crippen molar-refractivity contribution < 1.29 is 14.2 Å². The second kappa shape index (κ2) is 8.67. The molecule has 2 aromatic carbocycles. The summed E-state index contributed by atoms with van der Waals surface area (Å²) in [5.74, 6) is 0.254. The molecule has 3 heteroatoms. The van der Waals surface area contributed by atoms with Gasteiger partial charge in [0.2, 0.25) is 0 Å². The van der Waals surface area contributed by atoms with Gasteiger partial charge in [0.05, 0.1) is 32.2 Å². The number of benzene rings is 2. The van der Waals surface area contributed by atoms with Crippen LogP contribution in [0.4, 0.5) is 0 Å². The van der Waals surface area contributed by atoms with Crippen LogP contribution >= 0.6 is 0 Å².